The fourth-order valence-corrected chi connectivity index (χ4v) is 2.12. The summed E-state index contributed by atoms with van der Waals surface area (Å²) in [6, 6.07) is 7.76. The lowest BCUT2D eigenvalue weighted by Crippen LogP contribution is -2.28. The number of hydrogen-bond acceptors (Lipinski definition) is 3. The van der Waals surface area contributed by atoms with E-state index in [1.807, 2.05) is 13.8 Å². The van der Waals surface area contributed by atoms with Gasteiger partial charge < -0.3 is 5.32 Å². The third-order valence-electron chi connectivity index (χ3n) is 2.94. The summed E-state index contributed by atoms with van der Waals surface area (Å²) in [5.41, 5.74) is 1.28. The van der Waals surface area contributed by atoms with Crippen molar-refractivity contribution in [1.82, 2.24) is 9.55 Å². The minimum absolute atomic E-state index is 0.0277. The second-order valence-electron chi connectivity index (χ2n) is 4.98. The number of hydrogen-bond donors (Lipinski definition) is 1. The molecule has 20 heavy (non-hydrogen) atoms. The number of nitrogens with zero attached hydrogens (tertiary/aromatic N) is 2. The lowest BCUT2D eigenvalue weighted by Gasteiger charge is -2.16. The third-order valence-corrected chi connectivity index (χ3v) is 2.94. The van der Waals surface area contributed by atoms with E-state index in [0.717, 1.165) is 0 Å². The molecule has 2 rings (SSSR count). The Balaban J connectivity index is 2.27. The standard InChI is InChI=1S/C15H18FN3O/c1-10(2)19-14(18-11(3)7-15(19)20)9-17-13-6-4-5-12(16)8-13/h4-8,10,17H,9H2,1-3H3. The monoisotopic (exact) mass is 275 g/mol. The molecule has 0 radical (unpaired) electrons. The van der Waals surface area contributed by atoms with E-state index in [4.69, 9.17) is 0 Å². The van der Waals surface area contributed by atoms with Crippen molar-refractivity contribution in [3.8, 4) is 0 Å². The topological polar surface area (TPSA) is 46.9 Å². The van der Waals surface area contributed by atoms with Crippen LogP contribution in [0.3, 0.4) is 0 Å². The lowest BCUT2D eigenvalue weighted by atomic mass is 10.3. The first-order valence-electron chi connectivity index (χ1n) is 6.56. The summed E-state index contributed by atoms with van der Waals surface area (Å²) in [5.74, 6) is 0.350. The third kappa shape index (κ3) is 3.23. The van der Waals surface area contributed by atoms with Crippen molar-refractivity contribution in [2.45, 2.75) is 33.4 Å². The number of aryl methyl sites for hydroxylation is 1. The molecule has 0 aliphatic rings. The first kappa shape index (κ1) is 14.2. The molecule has 1 aromatic carbocycles. The molecule has 0 aliphatic heterocycles. The van der Waals surface area contributed by atoms with Crippen LogP contribution in [0.5, 0.6) is 0 Å². The lowest BCUT2D eigenvalue weighted by molar-refractivity contribution is 0.536. The largest absolute Gasteiger partial charge is 0.378 e. The van der Waals surface area contributed by atoms with Crippen LogP contribution in [0.4, 0.5) is 10.1 Å². The van der Waals surface area contributed by atoms with Gasteiger partial charge in [0.25, 0.3) is 5.56 Å². The van der Waals surface area contributed by atoms with Crippen molar-refractivity contribution >= 4 is 5.69 Å². The summed E-state index contributed by atoms with van der Waals surface area (Å²) < 4.78 is 14.8. The van der Waals surface area contributed by atoms with Gasteiger partial charge in [0, 0.05) is 23.5 Å². The highest BCUT2D eigenvalue weighted by molar-refractivity contribution is 5.43. The molecule has 0 fully saturated rings. The van der Waals surface area contributed by atoms with Crippen molar-refractivity contribution in [1.29, 1.82) is 0 Å². The van der Waals surface area contributed by atoms with Gasteiger partial charge in [-0.25, -0.2) is 9.37 Å². The van der Waals surface area contributed by atoms with Crippen LogP contribution in [0, 0.1) is 12.7 Å². The number of rotatable bonds is 4. The van der Waals surface area contributed by atoms with Crippen molar-refractivity contribution in [3.05, 3.63) is 58.0 Å². The van der Waals surface area contributed by atoms with E-state index in [9.17, 15) is 9.18 Å². The maximum absolute atomic E-state index is 13.1. The highest BCUT2D eigenvalue weighted by Gasteiger charge is 2.10. The molecule has 2 aromatic rings. The fraction of sp³-hybridized carbons (Fsp3) is 0.333. The van der Waals surface area contributed by atoms with Gasteiger partial charge in [-0.15, -0.1) is 0 Å². The Morgan fingerprint density at radius 1 is 1.35 bits per heavy atom. The molecular formula is C15H18FN3O. The Labute approximate surface area is 117 Å². The molecule has 0 bridgehead atoms. The molecule has 1 aromatic heterocycles. The summed E-state index contributed by atoms with van der Waals surface area (Å²) in [6.07, 6.45) is 0. The van der Waals surface area contributed by atoms with E-state index in [2.05, 4.69) is 10.3 Å². The zero-order valence-electron chi connectivity index (χ0n) is 11.9. The van der Waals surface area contributed by atoms with Crippen LogP contribution >= 0.6 is 0 Å². The first-order valence-corrected chi connectivity index (χ1v) is 6.56. The predicted octanol–water partition coefficient (Wildman–Crippen LogP) is 2.88. The van der Waals surface area contributed by atoms with Crippen molar-refractivity contribution in [3.63, 3.8) is 0 Å². The van der Waals surface area contributed by atoms with Crippen LogP contribution < -0.4 is 10.9 Å². The predicted molar refractivity (Wildman–Crippen MR) is 77.3 cm³/mol. The van der Waals surface area contributed by atoms with Gasteiger partial charge in [0.15, 0.2) is 0 Å². The van der Waals surface area contributed by atoms with E-state index >= 15 is 0 Å². The maximum Gasteiger partial charge on any atom is 0.254 e. The van der Waals surface area contributed by atoms with Gasteiger partial charge in [-0.1, -0.05) is 6.07 Å². The summed E-state index contributed by atoms with van der Waals surface area (Å²) in [7, 11) is 0. The van der Waals surface area contributed by atoms with Crippen LogP contribution in [-0.4, -0.2) is 9.55 Å². The van der Waals surface area contributed by atoms with Gasteiger partial charge >= 0.3 is 0 Å². The molecule has 0 saturated carbocycles. The van der Waals surface area contributed by atoms with Crippen LogP contribution in [0.1, 0.15) is 31.4 Å². The van der Waals surface area contributed by atoms with Gasteiger partial charge in [-0.3, -0.25) is 9.36 Å². The van der Waals surface area contributed by atoms with Crippen molar-refractivity contribution < 1.29 is 4.39 Å². The Morgan fingerprint density at radius 3 is 2.75 bits per heavy atom. The molecule has 0 aliphatic carbocycles. The normalized spacial score (nSPS) is 10.8. The average Bonchev–Trinajstić information content (AvgIpc) is 2.35. The van der Waals surface area contributed by atoms with E-state index in [-0.39, 0.29) is 17.4 Å². The number of halogens is 1. The van der Waals surface area contributed by atoms with Crippen LogP contribution in [0.2, 0.25) is 0 Å². The molecule has 1 N–H and O–H groups in total. The fourth-order valence-electron chi connectivity index (χ4n) is 2.12. The molecule has 0 amide bonds. The Morgan fingerprint density at radius 2 is 2.10 bits per heavy atom. The first-order chi connectivity index (χ1) is 9.47. The van der Waals surface area contributed by atoms with Crippen LogP contribution in [-0.2, 0) is 6.54 Å². The minimum Gasteiger partial charge on any atom is -0.378 e. The average molecular weight is 275 g/mol. The molecule has 5 heteroatoms. The molecule has 0 unspecified atom stereocenters. The Bertz CT molecular complexity index is 664. The summed E-state index contributed by atoms with van der Waals surface area (Å²) in [6.45, 7) is 6.03. The van der Waals surface area contributed by atoms with Gasteiger partial charge in [0.2, 0.25) is 0 Å². The number of benzene rings is 1. The second kappa shape index (κ2) is 5.86. The van der Waals surface area contributed by atoms with Crippen LogP contribution in [0.25, 0.3) is 0 Å². The maximum atomic E-state index is 13.1. The van der Waals surface area contributed by atoms with Gasteiger partial charge in [-0.2, -0.15) is 0 Å². The smallest absolute Gasteiger partial charge is 0.254 e. The number of aromatic nitrogens is 2. The van der Waals surface area contributed by atoms with E-state index < -0.39 is 0 Å². The Hall–Kier alpha value is -2.17. The summed E-state index contributed by atoms with van der Waals surface area (Å²) in [5, 5.41) is 3.09. The van der Waals surface area contributed by atoms with E-state index in [1.165, 1.54) is 18.2 Å². The molecule has 0 saturated heterocycles. The molecule has 0 atom stereocenters. The molecule has 1 heterocycles. The molecule has 4 nitrogen and oxygen atoms in total. The van der Waals surface area contributed by atoms with Gasteiger partial charge in [0.05, 0.1) is 6.54 Å². The second-order valence-corrected chi connectivity index (χ2v) is 4.98. The number of anilines is 1. The van der Waals surface area contributed by atoms with E-state index in [1.54, 1.807) is 23.6 Å². The minimum atomic E-state index is -0.298. The van der Waals surface area contributed by atoms with Gasteiger partial charge in [-0.05, 0) is 39.0 Å². The molecular weight excluding hydrogens is 257 g/mol. The number of nitrogens with one attached hydrogen (secondary N) is 1. The highest BCUT2D eigenvalue weighted by atomic mass is 19.1. The highest BCUT2D eigenvalue weighted by Crippen LogP contribution is 2.11. The zero-order valence-corrected chi connectivity index (χ0v) is 11.9. The summed E-state index contributed by atoms with van der Waals surface area (Å²) >= 11 is 0. The quantitative estimate of drug-likeness (QED) is 0.933. The zero-order chi connectivity index (χ0) is 14.7. The SMILES string of the molecule is Cc1cc(=O)n(C(C)C)c(CNc2cccc(F)c2)n1. The molecule has 106 valence electrons. The van der Waals surface area contributed by atoms with Crippen molar-refractivity contribution in [2.75, 3.05) is 5.32 Å². The Kier molecular flexibility index (Phi) is 4.17. The van der Waals surface area contributed by atoms with Crippen LogP contribution in [0.15, 0.2) is 35.1 Å². The summed E-state index contributed by atoms with van der Waals surface area (Å²) in [4.78, 5) is 16.4. The molecule has 0 spiro atoms. The van der Waals surface area contributed by atoms with E-state index in [0.29, 0.717) is 23.8 Å². The van der Waals surface area contributed by atoms with Gasteiger partial charge in [0.1, 0.15) is 11.6 Å². The van der Waals surface area contributed by atoms with Crippen molar-refractivity contribution in [2.24, 2.45) is 0 Å².